The summed E-state index contributed by atoms with van der Waals surface area (Å²) in [5, 5.41) is 6.23. The highest BCUT2D eigenvalue weighted by Crippen LogP contribution is 2.23. The van der Waals surface area contributed by atoms with E-state index >= 15 is 0 Å². The Balaban J connectivity index is 1.96. The molecule has 1 fully saturated rings. The molecule has 0 aliphatic carbocycles. The van der Waals surface area contributed by atoms with E-state index in [9.17, 15) is 4.79 Å². The van der Waals surface area contributed by atoms with E-state index < -0.39 is 0 Å². The Morgan fingerprint density at radius 3 is 2.90 bits per heavy atom. The summed E-state index contributed by atoms with van der Waals surface area (Å²) in [6, 6.07) is 5.58. The summed E-state index contributed by atoms with van der Waals surface area (Å²) in [5.41, 5.74) is 0.920. The van der Waals surface area contributed by atoms with Crippen LogP contribution < -0.4 is 20.1 Å². The van der Waals surface area contributed by atoms with Crippen molar-refractivity contribution in [3.63, 3.8) is 0 Å². The first-order valence-electron chi connectivity index (χ1n) is 6.94. The average Bonchev–Trinajstić information content (AvgIpc) is 2.53. The van der Waals surface area contributed by atoms with Gasteiger partial charge in [0.1, 0.15) is 11.5 Å². The van der Waals surface area contributed by atoms with Crippen LogP contribution in [0.2, 0.25) is 0 Å². The Labute approximate surface area is 119 Å². The number of carbonyl (C=O) groups is 1. The minimum absolute atomic E-state index is 0.0698. The Bertz CT molecular complexity index is 456. The number of piperidine rings is 1. The van der Waals surface area contributed by atoms with E-state index in [0.29, 0.717) is 6.54 Å². The Hall–Kier alpha value is -1.75. The molecule has 0 radical (unpaired) electrons. The molecular formula is C15H22N2O3. The van der Waals surface area contributed by atoms with Crippen molar-refractivity contribution < 1.29 is 14.3 Å². The maximum absolute atomic E-state index is 12.1. The van der Waals surface area contributed by atoms with Gasteiger partial charge in [0, 0.05) is 18.7 Å². The second-order valence-corrected chi connectivity index (χ2v) is 4.94. The van der Waals surface area contributed by atoms with Crippen molar-refractivity contribution in [1.82, 2.24) is 10.6 Å². The maximum Gasteiger partial charge on any atom is 0.224 e. The molecule has 5 heteroatoms. The second kappa shape index (κ2) is 7.14. The molecule has 1 aromatic carbocycles. The lowest BCUT2D eigenvalue weighted by atomic mass is 9.99. The molecule has 0 saturated carbocycles. The lowest BCUT2D eigenvalue weighted by Gasteiger charge is -2.22. The highest BCUT2D eigenvalue weighted by Gasteiger charge is 2.20. The molecule has 0 spiro atoms. The van der Waals surface area contributed by atoms with Gasteiger partial charge in [-0.1, -0.05) is 0 Å². The number of hydrogen-bond acceptors (Lipinski definition) is 4. The number of benzene rings is 1. The molecule has 1 atom stereocenters. The van der Waals surface area contributed by atoms with E-state index in [2.05, 4.69) is 10.6 Å². The van der Waals surface area contributed by atoms with E-state index in [1.165, 1.54) is 0 Å². The monoisotopic (exact) mass is 278 g/mol. The summed E-state index contributed by atoms with van der Waals surface area (Å²) in [4.78, 5) is 12.1. The van der Waals surface area contributed by atoms with E-state index in [-0.39, 0.29) is 11.8 Å². The molecule has 1 saturated heterocycles. The van der Waals surface area contributed by atoms with Crippen LogP contribution in [0.25, 0.3) is 0 Å². The Kier molecular flexibility index (Phi) is 5.24. The van der Waals surface area contributed by atoms with Crippen molar-refractivity contribution >= 4 is 5.91 Å². The molecule has 1 aliphatic heterocycles. The molecule has 110 valence electrons. The van der Waals surface area contributed by atoms with Gasteiger partial charge >= 0.3 is 0 Å². The predicted molar refractivity (Wildman–Crippen MR) is 77.0 cm³/mol. The average molecular weight is 278 g/mol. The van der Waals surface area contributed by atoms with Gasteiger partial charge in [-0.2, -0.15) is 0 Å². The number of rotatable bonds is 5. The second-order valence-electron chi connectivity index (χ2n) is 4.94. The molecular weight excluding hydrogens is 256 g/mol. The number of ether oxygens (including phenoxy) is 2. The van der Waals surface area contributed by atoms with Crippen molar-refractivity contribution in [3.8, 4) is 11.5 Å². The van der Waals surface area contributed by atoms with Gasteiger partial charge in [0.2, 0.25) is 5.91 Å². The van der Waals surface area contributed by atoms with Gasteiger partial charge in [-0.25, -0.2) is 0 Å². The molecule has 5 nitrogen and oxygen atoms in total. The van der Waals surface area contributed by atoms with Crippen LogP contribution in [0, 0.1) is 5.92 Å². The molecule has 2 rings (SSSR count). The van der Waals surface area contributed by atoms with E-state index in [1.807, 2.05) is 18.2 Å². The zero-order valence-electron chi connectivity index (χ0n) is 12.1. The highest BCUT2D eigenvalue weighted by atomic mass is 16.5. The fraction of sp³-hybridized carbons (Fsp3) is 0.533. The third kappa shape index (κ3) is 3.63. The minimum atomic E-state index is 0.0698. The van der Waals surface area contributed by atoms with E-state index in [1.54, 1.807) is 14.2 Å². The molecule has 1 aromatic rings. The van der Waals surface area contributed by atoms with Crippen molar-refractivity contribution in [2.45, 2.75) is 19.4 Å². The highest BCUT2D eigenvalue weighted by molar-refractivity contribution is 5.79. The van der Waals surface area contributed by atoms with Gasteiger partial charge < -0.3 is 20.1 Å². The normalized spacial score (nSPS) is 18.4. The fourth-order valence-corrected chi connectivity index (χ4v) is 2.42. The van der Waals surface area contributed by atoms with Crippen LogP contribution in [-0.4, -0.2) is 33.2 Å². The van der Waals surface area contributed by atoms with Crippen LogP contribution in [0.1, 0.15) is 18.4 Å². The third-order valence-electron chi connectivity index (χ3n) is 3.61. The quantitative estimate of drug-likeness (QED) is 0.853. The van der Waals surface area contributed by atoms with Crippen LogP contribution in [0.15, 0.2) is 18.2 Å². The molecule has 0 bridgehead atoms. The minimum Gasteiger partial charge on any atom is -0.497 e. The maximum atomic E-state index is 12.1. The van der Waals surface area contributed by atoms with E-state index in [4.69, 9.17) is 9.47 Å². The van der Waals surface area contributed by atoms with Crippen LogP contribution >= 0.6 is 0 Å². The molecule has 20 heavy (non-hydrogen) atoms. The summed E-state index contributed by atoms with van der Waals surface area (Å²) in [6.45, 7) is 2.23. The van der Waals surface area contributed by atoms with Gasteiger partial charge in [0.05, 0.1) is 20.1 Å². The van der Waals surface area contributed by atoms with Crippen molar-refractivity contribution in [1.29, 1.82) is 0 Å². The number of amides is 1. The van der Waals surface area contributed by atoms with E-state index in [0.717, 1.165) is 43.0 Å². The van der Waals surface area contributed by atoms with Crippen LogP contribution in [0.5, 0.6) is 11.5 Å². The topological polar surface area (TPSA) is 59.6 Å². The third-order valence-corrected chi connectivity index (χ3v) is 3.61. The van der Waals surface area contributed by atoms with Gasteiger partial charge in [0.25, 0.3) is 0 Å². The number of methoxy groups -OCH3 is 2. The van der Waals surface area contributed by atoms with Crippen molar-refractivity contribution in [2.75, 3.05) is 27.3 Å². The van der Waals surface area contributed by atoms with Crippen molar-refractivity contribution in [3.05, 3.63) is 23.8 Å². The summed E-state index contributed by atoms with van der Waals surface area (Å²) in [7, 11) is 3.25. The first-order valence-corrected chi connectivity index (χ1v) is 6.94. The summed E-state index contributed by atoms with van der Waals surface area (Å²) < 4.78 is 10.5. The largest absolute Gasteiger partial charge is 0.497 e. The van der Waals surface area contributed by atoms with Crippen LogP contribution in [0.4, 0.5) is 0 Å². The first kappa shape index (κ1) is 14.7. The molecule has 1 amide bonds. The predicted octanol–water partition coefficient (Wildman–Crippen LogP) is 1.32. The zero-order chi connectivity index (χ0) is 14.4. The number of nitrogens with one attached hydrogen (secondary N) is 2. The van der Waals surface area contributed by atoms with Crippen LogP contribution in [-0.2, 0) is 11.3 Å². The summed E-state index contributed by atoms with van der Waals surface area (Å²) >= 11 is 0. The Morgan fingerprint density at radius 2 is 2.25 bits per heavy atom. The molecule has 1 heterocycles. The molecule has 0 unspecified atom stereocenters. The molecule has 1 aliphatic rings. The van der Waals surface area contributed by atoms with Gasteiger partial charge in [-0.05, 0) is 37.6 Å². The number of carbonyl (C=O) groups excluding carboxylic acids is 1. The standard InChI is InChI=1S/C15H22N2O3/c1-19-13-5-6-14(20-2)12(8-13)10-17-15(18)11-4-3-7-16-9-11/h5-6,8,11,16H,3-4,7,9-10H2,1-2H3,(H,17,18)/t11-/m1/s1. The SMILES string of the molecule is COc1ccc(OC)c(CNC(=O)[C@@H]2CCCNC2)c1. The first-order chi connectivity index (χ1) is 9.74. The van der Waals surface area contributed by atoms with Crippen molar-refractivity contribution in [2.24, 2.45) is 5.92 Å². The van der Waals surface area contributed by atoms with Crippen LogP contribution in [0.3, 0.4) is 0 Å². The number of hydrogen-bond donors (Lipinski definition) is 2. The van der Waals surface area contributed by atoms with Gasteiger partial charge in [-0.15, -0.1) is 0 Å². The lowest BCUT2D eigenvalue weighted by Crippen LogP contribution is -2.40. The molecule has 2 N–H and O–H groups in total. The smallest absolute Gasteiger partial charge is 0.224 e. The Morgan fingerprint density at radius 1 is 1.40 bits per heavy atom. The fourth-order valence-electron chi connectivity index (χ4n) is 2.42. The lowest BCUT2D eigenvalue weighted by molar-refractivity contribution is -0.125. The van der Waals surface area contributed by atoms with Gasteiger partial charge in [0.15, 0.2) is 0 Å². The summed E-state index contributed by atoms with van der Waals surface area (Å²) in [6.07, 6.45) is 2.01. The zero-order valence-corrected chi connectivity index (χ0v) is 12.1. The summed E-state index contributed by atoms with van der Waals surface area (Å²) in [5.74, 6) is 1.68. The molecule has 0 aromatic heterocycles. The van der Waals surface area contributed by atoms with Gasteiger partial charge in [-0.3, -0.25) is 4.79 Å².